The Labute approximate surface area is 115 Å². The molecule has 0 fully saturated rings. The van der Waals surface area contributed by atoms with E-state index in [4.69, 9.17) is 0 Å². The first kappa shape index (κ1) is 13.4. The maximum Gasteiger partial charge on any atom is 0.169 e. The monoisotopic (exact) mass is 270 g/mol. The Morgan fingerprint density at radius 1 is 0.700 bits per heavy atom. The molecule has 2 aromatic rings. The Hall–Kier alpha value is -3.02. The van der Waals surface area contributed by atoms with Crippen molar-refractivity contribution in [2.45, 2.75) is 0 Å². The van der Waals surface area contributed by atoms with Crippen molar-refractivity contribution in [1.29, 1.82) is 0 Å². The summed E-state index contributed by atoms with van der Waals surface area (Å²) in [6, 6.07) is 12.4. The van der Waals surface area contributed by atoms with E-state index in [9.17, 15) is 20.2 Å². The zero-order chi connectivity index (χ0) is 14.5. The van der Waals surface area contributed by atoms with E-state index in [0.29, 0.717) is 11.1 Å². The van der Waals surface area contributed by atoms with Crippen LogP contribution in [0.15, 0.2) is 48.5 Å². The molecule has 0 saturated carbocycles. The van der Waals surface area contributed by atoms with Gasteiger partial charge in [0, 0.05) is 9.85 Å². The number of nitro benzene ring substituents is 2. The second-order valence-electron chi connectivity index (χ2n) is 3.97. The van der Waals surface area contributed by atoms with Gasteiger partial charge in [0.1, 0.15) is 0 Å². The molecule has 0 amide bonds. The molecule has 0 unspecified atom stereocenters. The van der Waals surface area contributed by atoms with E-state index in [-0.39, 0.29) is 11.4 Å². The standard InChI is InChI=1S/C14H10N2O4/c17-15(18)13-7-3-1-5-11(13)9-10-12-6-2-4-8-14(12)16(19)20/h1-10H/q-2. The molecule has 0 atom stereocenters. The lowest BCUT2D eigenvalue weighted by Crippen LogP contribution is -1.97. The molecule has 0 radical (unpaired) electrons. The van der Waals surface area contributed by atoms with Crippen LogP contribution in [0.2, 0.25) is 0 Å². The fourth-order valence-corrected chi connectivity index (χ4v) is 1.77. The van der Waals surface area contributed by atoms with Gasteiger partial charge in [-0.25, -0.2) is 12.8 Å². The average Bonchev–Trinajstić information content (AvgIpc) is 2.45. The van der Waals surface area contributed by atoms with E-state index in [1.165, 1.54) is 25.0 Å². The number of hydrogen-bond acceptors (Lipinski definition) is 4. The molecule has 0 bridgehead atoms. The van der Waals surface area contributed by atoms with Crippen LogP contribution >= 0.6 is 0 Å². The molecule has 0 aliphatic heterocycles. The number of benzene rings is 2. The van der Waals surface area contributed by atoms with Crippen LogP contribution in [0.5, 0.6) is 0 Å². The molecule has 20 heavy (non-hydrogen) atoms. The number of nitrogens with zero attached hydrogens (tertiary/aromatic N) is 2. The van der Waals surface area contributed by atoms with E-state index in [1.54, 1.807) is 36.4 Å². The van der Waals surface area contributed by atoms with Crippen molar-refractivity contribution >= 4 is 11.4 Å². The van der Waals surface area contributed by atoms with Gasteiger partial charge in [-0.2, -0.15) is 12.1 Å². The van der Waals surface area contributed by atoms with Crippen molar-refractivity contribution in [2.75, 3.05) is 0 Å². The number of hydrogen-bond donors (Lipinski definition) is 0. The number of rotatable bonds is 5. The van der Waals surface area contributed by atoms with Crippen molar-refractivity contribution in [3.8, 4) is 0 Å². The van der Waals surface area contributed by atoms with Gasteiger partial charge in [0.05, 0.1) is 0 Å². The first-order valence-electron chi connectivity index (χ1n) is 5.74. The minimum Gasteiger partial charge on any atom is -0.270 e. The van der Waals surface area contributed by atoms with Crippen LogP contribution < -0.4 is 0 Å². The summed E-state index contributed by atoms with van der Waals surface area (Å²) in [6.07, 6.45) is 3.00. The van der Waals surface area contributed by atoms with Crippen LogP contribution in [-0.4, -0.2) is 9.85 Å². The lowest BCUT2D eigenvalue weighted by molar-refractivity contribution is -0.385. The van der Waals surface area contributed by atoms with Crippen molar-refractivity contribution in [2.24, 2.45) is 0 Å². The van der Waals surface area contributed by atoms with Crippen molar-refractivity contribution in [3.63, 3.8) is 0 Å². The fourth-order valence-electron chi connectivity index (χ4n) is 1.77. The van der Waals surface area contributed by atoms with Gasteiger partial charge in [0.15, 0.2) is 11.4 Å². The lowest BCUT2D eigenvalue weighted by atomic mass is 10.0. The quantitative estimate of drug-likeness (QED) is 0.473. The van der Waals surface area contributed by atoms with Crippen molar-refractivity contribution in [3.05, 3.63) is 92.7 Å². The molecule has 6 nitrogen and oxygen atoms in total. The summed E-state index contributed by atoms with van der Waals surface area (Å²) in [7, 11) is 0. The topological polar surface area (TPSA) is 86.3 Å². The molecule has 0 aliphatic carbocycles. The summed E-state index contributed by atoms with van der Waals surface area (Å²) in [4.78, 5) is 20.8. The van der Waals surface area contributed by atoms with Gasteiger partial charge < -0.3 is 0 Å². The van der Waals surface area contributed by atoms with Gasteiger partial charge in [-0.05, 0) is 12.1 Å². The van der Waals surface area contributed by atoms with Gasteiger partial charge in [-0.3, -0.25) is 20.2 Å². The smallest absolute Gasteiger partial charge is 0.169 e. The third-order valence-corrected chi connectivity index (χ3v) is 2.71. The summed E-state index contributed by atoms with van der Waals surface area (Å²) in [5.41, 5.74) is 0.718. The van der Waals surface area contributed by atoms with Crippen LogP contribution in [-0.2, 0) is 0 Å². The Morgan fingerprint density at radius 2 is 1.05 bits per heavy atom. The Bertz CT molecular complexity index is 598. The molecule has 102 valence electrons. The van der Waals surface area contributed by atoms with Crippen molar-refractivity contribution < 1.29 is 9.85 Å². The van der Waals surface area contributed by atoms with Crippen LogP contribution in [0.4, 0.5) is 11.4 Å². The third kappa shape index (κ3) is 2.86. The molecule has 0 aromatic heterocycles. The summed E-state index contributed by atoms with van der Waals surface area (Å²) in [5.74, 6) is 0. The highest BCUT2D eigenvalue weighted by Gasteiger charge is 2.04. The van der Waals surface area contributed by atoms with E-state index < -0.39 is 9.85 Å². The third-order valence-electron chi connectivity index (χ3n) is 2.71. The Balaban J connectivity index is 2.22. The highest BCUT2D eigenvalue weighted by molar-refractivity contribution is 5.52. The molecule has 0 spiro atoms. The van der Waals surface area contributed by atoms with Crippen LogP contribution in [0, 0.1) is 33.1 Å². The molecule has 2 rings (SSSR count). The van der Waals surface area contributed by atoms with Gasteiger partial charge >= 0.3 is 0 Å². The molecule has 0 saturated heterocycles. The molecule has 2 aromatic carbocycles. The van der Waals surface area contributed by atoms with E-state index in [2.05, 4.69) is 0 Å². The fraction of sp³-hybridized carbons (Fsp3) is 0. The SMILES string of the molecule is O=[N+]([O-])c1ccccc1[CH-][CH-]c1ccccc1[N+](=O)[O-]. The zero-order valence-electron chi connectivity index (χ0n) is 10.3. The average molecular weight is 270 g/mol. The Kier molecular flexibility index (Phi) is 3.85. The van der Waals surface area contributed by atoms with Crippen LogP contribution in [0.25, 0.3) is 0 Å². The summed E-state index contributed by atoms with van der Waals surface area (Å²) < 4.78 is 0. The predicted octanol–water partition coefficient (Wildman–Crippen LogP) is 3.31. The lowest BCUT2D eigenvalue weighted by Gasteiger charge is -2.17. The van der Waals surface area contributed by atoms with Gasteiger partial charge in [0.25, 0.3) is 0 Å². The van der Waals surface area contributed by atoms with E-state index >= 15 is 0 Å². The molecule has 0 heterocycles. The number of para-hydroxylation sites is 2. The van der Waals surface area contributed by atoms with E-state index in [1.807, 2.05) is 0 Å². The molecular formula is C14H10N2O4-2. The van der Waals surface area contributed by atoms with E-state index in [0.717, 1.165) is 0 Å². The second kappa shape index (κ2) is 5.75. The van der Waals surface area contributed by atoms with Gasteiger partial charge in [-0.15, -0.1) is 23.3 Å². The summed E-state index contributed by atoms with van der Waals surface area (Å²) in [5, 5.41) is 21.7. The van der Waals surface area contributed by atoms with Crippen LogP contribution in [0.1, 0.15) is 11.1 Å². The molecule has 0 N–H and O–H groups in total. The summed E-state index contributed by atoms with van der Waals surface area (Å²) in [6.45, 7) is 0. The minimum atomic E-state index is -0.487. The Morgan fingerprint density at radius 3 is 1.40 bits per heavy atom. The molecule has 0 aliphatic rings. The van der Waals surface area contributed by atoms with Gasteiger partial charge in [-0.1, -0.05) is 12.1 Å². The predicted molar refractivity (Wildman–Crippen MR) is 73.0 cm³/mol. The second-order valence-corrected chi connectivity index (χ2v) is 3.97. The largest absolute Gasteiger partial charge is 0.270 e. The van der Waals surface area contributed by atoms with Crippen LogP contribution in [0.3, 0.4) is 0 Å². The summed E-state index contributed by atoms with van der Waals surface area (Å²) >= 11 is 0. The first-order chi connectivity index (χ1) is 9.59. The minimum absolute atomic E-state index is 0.0395. The first-order valence-corrected chi connectivity index (χ1v) is 5.74. The zero-order valence-corrected chi connectivity index (χ0v) is 10.3. The molecule has 6 heteroatoms. The number of nitro groups is 2. The molecular weight excluding hydrogens is 260 g/mol. The van der Waals surface area contributed by atoms with Gasteiger partial charge in [0.2, 0.25) is 0 Å². The highest BCUT2D eigenvalue weighted by Crippen LogP contribution is 2.25. The highest BCUT2D eigenvalue weighted by atomic mass is 16.6. The normalized spacial score (nSPS) is 9.80. The maximum absolute atomic E-state index is 10.9. The maximum atomic E-state index is 10.9. The van der Waals surface area contributed by atoms with Crippen molar-refractivity contribution in [1.82, 2.24) is 0 Å².